The number of aryl methyl sites for hydroxylation is 1. The van der Waals surface area contributed by atoms with Crippen molar-refractivity contribution >= 4 is 21.6 Å². The van der Waals surface area contributed by atoms with E-state index in [1.807, 2.05) is 31.2 Å². The normalized spacial score (nSPS) is 11.1. The molecule has 3 rings (SSSR count). The number of carbonyl (C=O) groups is 1. The maximum Gasteiger partial charge on any atom is 0.264 e. The molecule has 0 aliphatic carbocycles. The van der Waals surface area contributed by atoms with Crippen LogP contribution in [0.1, 0.15) is 15.9 Å². The number of benzene rings is 3. The van der Waals surface area contributed by atoms with Gasteiger partial charge in [0.25, 0.3) is 15.9 Å². The quantitative estimate of drug-likeness (QED) is 0.539. The lowest BCUT2D eigenvalue weighted by Gasteiger charge is -2.20. The summed E-state index contributed by atoms with van der Waals surface area (Å²) in [5, 5.41) is 2.70. The number of hydrogen-bond donors (Lipinski definition) is 1. The van der Waals surface area contributed by atoms with E-state index in [2.05, 4.69) is 5.32 Å². The number of amides is 1. The Morgan fingerprint density at radius 2 is 1.74 bits per heavy atom. The molecule has 0 saturated carbocycles. The SMILES string of the molecule is Cc1ccc(OCCNC(=O)c2cccc(S(=O)(=O)N(C)c3ccccc3F)c2)cc1. The number of carbonyl (C=O) groups excluding carboxylic acids is 1. The van der Waals surface area contributed by atoms with Crippen LogP contribution in [-0.4, -0.2) is 34.5 Å². The summed E-state index contributed by atoms with van der Waals surface area (Å²) >= 11 is 0. The summed E-state index contributed by atoms with van der Waals surface area (Å²) < 4.78 is 46.3. The predicted octanol–water partition coefficient (Wildman–Crippen LogP) is 3.77. The Labute approximate surface area is 181 Å². The number of ether oxygens (including phenoxy) is 1. The van der Waals surface area contributed by atoms with Gasteiger partial charge in [-0.3, -0.25) is 9.10 Å². The Morgan fingerprint density at radius 3 is 2.45 bits per heavy atom. The van der Waals surface area contributed by atoms with Crippen LogP contribution in [0.5, 0.6) is 5.75 Å². The molecule has 31 heavy (non-hydrogen) atoms. The molecule has 0 aliphatic heterocycles. The van der Waals surface area contributed by atoms with Crippen LogP contribution in [0.2, 0.25) is 0 Å². The molecule has 0 spiro atoms. The zero-order chi connectivity index (χ0) is 22.4. The largest absolute Gasteiger partial charge is 0.492 e. The fourth-order valence-electron chi connectivity index (χ4n) is 2.86. The van der Waals surface area contributed by atoms with Gasteiger partial charge in [-0.15, -0.1) is 0 Å². The van der Waals surface area contributed by atoms with Gasteiger partial charge in [0.2, 0.25) is 0 Å². The Kier molecular flexibility index (Phi) is 6.91. The molecular formula is C23H23FN2O4S. The van der Waals surface area contributed by atoms with Gasteiger partial charge in [-0.05, 0) is 49.4 Å². The monoisotopic (exact) mass is 442 g/mol. The summed E-state index contributed by atoms with van der Waals surface area (Å²) in [5.41, 5.74) is 1.22. The molecule has 0 bridgehead atoms. The fourth-order valence-corrected chi connectivity index (χ4v) is 4.11. The predicted molar refractivity (Wildman–Crippen MR) is 117 cm³/mol. The highest BCUT2D eigenvalue weighted by Crippen LogP contribution is 2.25. The highest BCUT2D eigenvalue weighted by molar-refractivity contribution is 7.92. The molecule has 3 aromatic rings. The van der Waals surface area contributed by atoms with Gasteiger partial charge < -0.3 is 10.1 Å². The zero-order valence-corrected chi connectivity index (χ0v) is 18.0. The van der Waals surface area contributed by atoms with E-state index in [1.54, 1.807) is 6.07 Å². The highest BCUT2D eigenvalue weighted by atomic mass is 32.2. The first-order valence-electron chi connectivity index (χ1n) is 9.60. The minimum atomic E-state index is -4.05. The van der Waals surface area contributed by atoms with Crippen LogP contribution < -0.4 is 14.4 Å². The van der Waals surface area contributed by atoms with Crippen molar-refractivity contribution in [1.29, 1.82) is 0 Å². The molecule has 8 heteroatoms. The van der Waals surface area contributed by atoms with E-state index in [-0.39, 0.29) is 29.3 Å². The maximum absolute atomic E-state index is 14.0. The van der Waals surface area contributed by atoms with Crippen LogP contribution >= 0.6 is 0 Å². The molecule has 1 N–H and O–H groups in total. The summed E-state index contributed by atoms with van der Waals surface area (Å²) in [6.07, 6.45) is 0. The number of halogens is 1. The van der Waals surface area contributed by atoms with Gasteiger partial charge in [0.15, 0.2) is 0 Å². The summed E-state index contributed by atoms with van der Waals surface area (Å²) in [6.45, 7) is 2.49. The van der Waals surface area contributed by atoms with Crippen LogP contribution in [0.15, 0.2) is 77.7 Å². The molecule has 0 atom stereocenters. The van der Waals surface area contributed by atoms with Crippen molar-refractivity contribution in [2.45, 2.75) is 11.8 Å². The smallest absolute Gasteiger partial charge is 0.264 e. The Morgan fingerprint density at radius 1 is 1.03 bits per heavy atom. The first-order chi connectivity index (χ1) is 14.8. The van der Waals surface area contributed by atoms with Crippen molar-refractivity contribution in [2.75, 3.05) is 24.5 Å². The maximum atomic E-state index is 14.0. The molecule has 0 unspecified atom stereocenters. The lowest BCUT2D eigenvalue weighted by atomic mass is 10.2. The summed E-state index contributed by atoms with van der Waals surface area (Å²) in [5.74, 6) is -0.390. The summed E-state index contributed by atoms with van der Waals surface area (Å²) in [6, 6.07) is 18.7. The molecular weight excluding hydrogens is 419 g/mol. The molecule has 0 heterocycles. The molecule has 0 aromatic heterocycles. The number of nitrogens with zero attached hydrogens (tertiary/aromatic N) is 1. The average molecular weight is 443 g/mol. The topological polar surface area (TPSA) is 75.7 Å². The Balaban J connectivity index is 1.65. The number of hydrogen-bond acceptors (Lipinski definition) is 4. The first kappa shape index (κ1) is 22.3. The van der Waals surface area contributed by atoms with E-state index < -0.39 is 21.7 Å². The number of anilines is 1. The third kappa shape index (κ3) is 5.40. The van der Waals surface area contributed by atoms with E-state index in [1.165, 1.54) is 49.5 Å². The second-order valence-corrected chi connectivity index (χ2v) is 8.84. The van der Waals surface area contributed by atoms with E-state index in [0.717, 1.165) is 9.87 Å². The minimum absolute atomic E-state index is 0.0781. The average Bonchev–Trinajstić information content (AvgIpc) is 2.77. The molecule has 3 aromatic carbocycles. The second-order valence-electron chi connectivity index (χ2n) is 6.87. The lowest BCUT2D eigenvalue weighted by Crippen LogP contribution is -2.29. The van der Waals surface area contributed by atoms with Crippen LogP contribution in [0.4, 0.5) is 10.1 Å². The second kappa shape index (κ2) is 9.61. The Hall–Kier alpha value is -3.39. The van der Waals surface area contributed by atoms with Crippen LogP contribution in [0.25, 0.3) is 0 Å². The number of sulfonamides is 1. The van der Waals surface area contributed by atoms with Crippen LogP contribution in [0, 0.1) is 12.7 Å². The molecule has 162 valence electrons. The van der Waals surface area contributed by atoms with Gasteiger partial charge in [0.05, 0.1) is 17.1 Å². The molecule has 1 amide bonds. The van der Waals surface area contributed by atoms with Crippen molar-refractivity contribution in [1.82, 2.24) is 5.32 Å². The van der Waals surface area contributed by atoms with Gasteiger partial charge in [-0.1, -0.05) is 35.9 Å². The third-order valence-corrected chi connectivity index (χ3v) is 6.39. The first-order valence-corrected chi connectivity index (χ1v) is 11.0. The molecule has 0 saturated heterocycles. The van der Waals surface area contributed by atoms with Gasteiger partial charge in [0, 0.05) is 12.6 Å². The molecule has 0 fully saturated rings. The van der Waals surface area contributed by atoms with Crippen molar-refractivity contribution < 1.29 is 22.3 Å². The van der Waals surface area contributed by atoms with Crippen molar-refractivity contribution in [3.63, 3.8) is 0 Å². The van der Waals surface area contributed by atoms with E-state index >= 15 is 0 Å². The van der Waals surface area contributed by atoms with Crippen molar-refractivity contribution in [3.8, 4) is 5.75 Å². The van der Waals surface area contributed by atoms with E-state index in [0.29, 0.717) is 5.75 Å². The van der Waals surface area contributed by atoms with Crippen LogP contribution in [-0.2, 0) is 10.0 Å². The van der Waals surface area contributed by atoms with Gasteiger partial charge in [-0.25, -0.2) is 12.8 Å². The third-order valence-electron chi connectivity index (χ3n) is 4.62. The molecule has 6 nitrogen and oxygen atoms in total. The lowest BCUT2D eigenvalue weighted by molar-refractivity contribution is 0.0946. The molecule has 0 aliphatic rings. The van der Waals surface area contributed by atoms with Crippen LogP contribution in [0.3, 0.4) is 0 Å². The van der Waals surface area contributed by atoms with Gasteiger partial charge in [-0.2, -0.15) is 0 Å². The fraction of sp³-hybridized carbons (Fsp3) is 0.174. The van der Waals surface area contributed by atoms with Crippen molar-refractivity contribution in [3.05, 3.63) is 89.7 Å². The Bertz CT molecular complexity index is 1160. The number of nitrogens with one attached hydrogen (secondary N) is 1. The molecule has 0 radical (unpaired) electrons. The van der Waals surface area contributed by atoms with Gasteiger partial charge >= 0.3 is 0 Å². The van der Waals surface area contributed by atoms with E-state index in [4.69, 9.17) is 4.74 Å². The van der Waals surface area contributed by atoms with Crippen molar-refractivity contribution in [2.24, 2.45) is 0 Å². The number of rotatable bonds is 8. The minimum Gasteiger partial charge on any atom is -0.492 e. The van der Waals surface area contributed by atoms with E-state index in [9.17, 15) is 17.6 Å². The standard InChI is InChI=1S/C23H23FN2O4S/c1-17-10-12-19(13-11-17)30-15-14-25-23(27)18-6-5-7-20(16-18)31(28,29)26(2)22-9-4-3-8-21(22)24/h3-13,16H,14-15H2,1-2H3,(H,25,27). The summed E-state index contributed by atoms with van der Waals surface area (Å²) in [4.78, 5) is 12.3. The van der Waals surface area contributed by atoms with Gasteiger partial charge in [0.1, 0.15) is 18.2 Å². The highest BCUT2D eigenvalue weighted by Gasteiger charge is 2.24. The zero-order valence-electron chi connectivity index (χ0n) is 17.2. The summed E-state index contributed by atoms with van der Waals surface area (Å²) in [7, 11) is -2.78. The number of para-hydroxylation sites is 1.